The van der Waals surface area contributed by atoms with Crippen LogP contribution in [0, 0.1) is 0 Å². The van der Waals surface area contributed by atoms with Crippen molar-refractivity contribution < 1.29 is 15.3 Å². The van der Waals surface area contributed by atoms with Crippen molar-refractivity contribution in [1.29, 1.82) is 0 Å². The van der Waals surface area contributed by atoms with Crippen LogP contribution >= 0.6 is 12.4 Å². The summed E-state index contributed by atoms with van der Waals surface area (Å²) < 4.78 is 0. The summed E-state index contributed by atoms with van der Waals surface area (Å²) >= 11 is 0. The van der Waals surface area contributed by atoms with Crippen molar-refractivity contribution >= 4 is 12.4 Å². The number of hydrogen-bond acceptors (Lipinski definition) is 4. The lowest BCUT2D eigenvalue weighted by Crippen LogP contribution is -2.30. The Bertz CT molecular complexity index is 122. The Balaban J connectivity index is 0. The summed E-state index contributed by atoms with van der Waals surface area (Å²) in [6.07, 6.45) is 0.754. The van der Waals surface area contributed by atoms with Gasteiger partial charge in [-0.15, -0.1) is 19.0 Å². The lowest BCUT2D eigenvalue weighted by Gasteiger charge is -2.19. The van der Waals surface area contributed by atoms with Gasteiger partial charge in [-0.1, -0.05) is 6.08 Å². The van der Waals surface area contributed by atoms with Crippen LogP contribution in [-0.2, 0) is 0 Å². The molecule has 0 aromatic rings. The van der Waals surface area contributed by atoms with E-state index in [0.717, 1.165) is 0 Å². The van der Waals surface area contributed by atoms with Crippen LogP contribution in [0.2, 0.25) is 0 Å². The van der Waals surface area contributed by atoms with Gasteiger partial charge in [0, 0.05) is 26.1 Å². The molecule has 0 bridgehead atoms. The average Bonchev–Trinajstić information content (AvgIpc) is 2.01. The number of halogens is 1. The van der Waals surface area contributed by atoms with Crippen LogP contribution in [0.25, 0.3) is 0 Å². The number of aliphatic hydroxyl groups excluding tert-OH is 2. The predicted octanol–water partition coefficient (Wildman–Crippen LogP) is -0.411. The third-order valence-corrected chi connectivity index (χ3v) is 1.51. The lowest BCUT2D eigenvalue weighted by atomic mass is 10.3. The van der Waals surface area contributed by atoms with E-state index in [4.69, 9.17) is 15.3 Å². The number of rotatable bonds is 7. The van der Waals surface area contributed by atoms with Crippen molar-refractivity contribution in [2.24, 2.45) is 0 Å². The fraction of sp³-hybridized carbons (Fsp3) is 0.750. The van der Waals surface area contributed by atoms with Gasteiger partial charge in [-0.3, -0.25) is 4.90 Å². The minimum absolute atomic E-state index is 0. The van der Waals surface area contributed by atoms with E-state index in [2.05, 4.69) is 6.58 Å². The molecule has 0 saturated heterocycles. The second kappa shape index (κ2) is 9.95. The van der Waals surface area contributed by atoms with E-state index in [1.165, 1.54) is 0 Å². The highest BCUT2D eigenvalue weighted by Crippen LogP contribution is 1.93. The third-order valence-electron chi connectivity index (χ3n) is 1.51. The molecule has 0 saturated carbocycles. The minimum Gasteiger partial charge on any atom is -0.395 e. The Morgan fingerprint density at radius 1 is 1.31 bits per heavy atom. The summed E-state index contributed by atoms with van der Waals surface area (Å²) in [4.78, 5) is 1.90. The topological polar surface area (TPSA) is 63.9 Å². The Hall–Kier alpha value is -0.130. The Labute approximate surface area is 84.9 Å². The van der Waals surface area contributed by atoms with Gasteiger partial charge in [0.05, 0.1) is 6.61 Å². The molecule has 3 N–H and O–H groups in total. The van der Waals surface area contributed by atoms with Gasteiger partial charge in [0.2, 0.25) is 0 Å². The molecule has 13 heavy (non-hydrogen) atoms. The molecule has 0 aliphatic carbocycles. The Morgan fingerprint density at radius 3 is 2.31 bits per heavy atom. The molecule has 0 atom stereocenters. The van der Waals surface area contributed by atoms with Gasteiger partial charge in [0.25, 0.3) is 0 Å². The van der Waals surface area contributed by atoms with Crippen molar-refractivity contribution in [3.8, 4) is 0 Å². The number of hydrogen-bond donors (Lipinski definition) is 3. The SMILES string of the molecule is C=CCN(CCO)CCC(O)O.Cl. The fourth-order valence-corrected chi connectivity index (χ4v) is 0.916. The first-order valence-electron chi connectivity index (χ1n) is 4.01. The summed E-state index contributed by atoms with van der Waals surface area (Å²) in [7, 11) is 0. The standard InChI is InChI=1S/C8H17NO3.ClH/c1-2-4-9(6-7-10)5-3-8(11)12;/h2,8,10-12H,1,3-7H2;1H. The van der Waals surface area contributed by atoms with Gasteiger partial charge in [-0.2, -0.15) is 0 Å². The molecule has 0 aromatic carbocycles. The fourth-order valence-electron chi connectivity index (χ4n) is 0.916. The van der Waals surface area contributed by atoms with Gasteiger partial charge in [-0.05, 0) is 0 Å². The molecule has 80 valence electrons. The number of nitrogens with zero attached hydrogens (tertiary/aromatic N) is 1. The maximum Gasteiger partial charge on any atom is 0.152 e. The van der Waals surface area contributed by atoms with E-state index < -0.39 is 6.29 Å². The summed E-state index contributed by atoms with van der Waals surface area (Å²) in [6.45, 7) is 5.40. The molecular weight excluding hydrogens is 194 g/mol. The lowest BCUT2D eigenvalue weighted by molar-refractivity contribution is -0.0503. The molecule has 0 heterocycles. The van der Waals surface area contributed by atoms with Gasteiger partial charge in [-0.25, -0.2) is 0 Å². The molecule has 0 aromatic heterocycles. The second-order valence-electron chi connectivity index (χ2n) is 2.58. The smallest absolute Gasteiger partial charge is 0.152 e. The highest BCUT2D eigenvalue weighted by Gasteiger charge is 2.04. The Morgan fingerprint density at radius 2 is 1.92 bits per heavy atom. The van der Waals surface area contributed by atoms with E-state index in [-0.39, 0.29) is 19.0 Å². The molecule has 0 rings (SSSR count). The van der Waals surface area contributed by atoms with E-state index >= 15 is 0 Å². The second-order valence-corrected chi connectivity index (χ2v) is 2.58. The highest BCUT2D eigenvalue weighted by molar-refractivity contribution is 5.85. The van der Waals surface area contributed by atoms with E-state index in [9.17, 15) is 0 Å². The molecule has 0 amide bonds. The van der Waals surface area contributed by atoms with Crippen LogP contribution < -0.4 is 0 Å². The van der Waals surface area contributed by atoms with Crippen LogP contribution in [0.3, 0.4) is 0 Å². The van der Waals surface area contributed by atoms with Gasteiger partial charge in [0.1, 0.15) is 0 Å². The molecule has 0 aliphatic heterocycles. The van der Waals surface area contributed by atoms with Crippen LogP contribution in [-0.4, -0.2) is 52.8 Å². The summed E-state index contributed by atoms with van der Waals surface area (Å²) in [5.41, 5.74) is 0. The minimum atomic E-state index is -1.27. The summed E-state index contributed by atoms with van der Waals surface area (Å²) in [6, 6.07) is 0. The van der Waals surface area contributed by atoms with Gasteiger partial charge in [0.15, 0.2) is 6.29 Å². The van der Waals surface area contributed by atoms with Crippen LogP contribution in [0.5, 0.6) is 0 Å². The van der Waals surface area contributed by atoms with Crippen LogP contribution in [0.4, 0.5) is 0 Å². The van der Waals surface area contributed by atoms with Crippen LogP contribution in [0.1, 0.15) is 6.42 Å². The molecule has 0 aliphatic rings. The zero-order chi connectivity index (χ0) is 9.40. The third kappa shape index (κ3) is 9.79. The van der Waals surface area contributed by atoms with Crippen molar-refractivity contribution in [1.82, 2.24) is 4.90 Å². The first-order valence-corrected chi connectivity index (χ1v) is 4.01. The molecule has 0 spiro atoms. The van der Waals surface area contributed by atoms with Gasteiger partial charge < -0.3 is 15.3 Å². The number of aliphatic hydroxyl groups is 3. The van der Waals surface area contributed by atoms with Crippen molar-refractivity contribution in [2.75, 3.05) is 26.2 Å². The predicted molar refractivity (Wildman–Crippen MR) is 53.8 cm³/mol. The van der Waals surface area contributed by atoms with E-state index in [0.29, 0.717) is 26.1 Å². The van der Waals surface area contributed by atoms with Gasteiger partial charge >= 0.3 is 0 Å². The largest absolute Gasteiger partial charge is 0.395 e. The van der Waals surface area contributed by atoms with Crippen LogP contribution in [0.15, 0.2) is 12.7 Å². The molecule has 0 radical (unpaired) electrons. The van der Waals surface area contributed by atoms with Crippen molar-refractivity contribution in [3.05, 3.63) is 12.7 Å². The first-order chi connectivity index (χ1) is 5.70. The van der Waals surface area contributed by atoms with E-state index in [1.54, 1.807) is 6.08 Å². The first kappa shape index (κ1) is 15.3. The molecule has 5 heteroatoms. The molecule has 4 nitrogen and oxygen atoms in total. The average molecular weight is 212 g/mol. The maximum absolute atomic E-state index is 8.63. The highest BCUT2D eigenvalue weighted by atomic mass is 35.5. The maximum atomic E-state index is 8.63. The zero-order valence-electron chi connectivity index (χ0n) is 7.59. The molecular formula is C8H18ClNO3. The van der Waals surface area contributed by atoms with E-state index in [1.807, 2.05) is 4.90 Å². The molecule has 0 fully saturated rings. The zero-order valence-corrected chi connectivity index (χ0v) is 8.41. The summed E-state index contributed by atoms with van der Waals surface area (Å²) in [5, 5.41) is 25.8. The Kier molecular flexibility index (Phi) is 11.8. The van der Waals surface area contributed by atoms with Crippen molar-refractivity contribution in [3.63, 3.8) is 0 Å². The molecule has 0 unspecified atom stereocenters. The normalized spacial score (nSPS) is 10.2. The monoisotopic (exact) mass is 211 g/mol. The summed E-state index contributed by atoms with van der Waals surface area (Å²) in [5.74, 6) is 0. The quantitative estimate of drug-likeness (QED) is 0.396. The van der Waals surface area contributed by atoms with Crippen molar-refractivity contribution in [2.45, 2.75) is 12.7 Å².